The molecule has 9 heteroatoms. The van der Waals surface area contributed by atoms with Crippen molar-refractivity contribution in [1.29, 1.82) is 0 Å². The molecule has 2 heterocycles. The number of benzene rings is 1. The van der Waals surface area contributed by atoms with Crippen LogP contribution in [0.4, 0.5) is 5.00 Å². The molecular weight excluding hydrogens is 372 g/mol. The molecule has 142 valence electrons. The van der Waals surface area contributed by atoms with Crippen LogP contribution in [-0.2, 0) is 20.7 Å². The highest BCUT2D eigenvalue weighted by atomic mass is 32.1. The highest BCUT2D eigenvalue weighted by molar-refractivity contribution is 7.14. The van der Waals surface area contributed by atoms with Gasteiger partial charge in [-0.3, -0.25) is 14.4 Å². The number of amides is 2. The molecule has 0 spiro atoms. The molecule has 0 unspecified atom stereocenters. The van der Waals surface area contributed by atoms with Gasteiger partial charge in [0.25, 0.3) is 11.8 Å². The standard InChI is InChI=1S/C18H18N2O6S/c1-10(17(23)20-18-12(16(19)22)4-7-27-18)26-15(21)9-11-2-3-13-14(8-11)25-6-5-24-13/h2-4,7-8,10H,5-6,9H2,1H3,(H2,19,22)(H,20,23)/t10-/m0/s1. The van der Waals surface area contributed by atoms with Crippen molar-refractivity contribution >= 4 is 34.1 Å². The van der Waals surface area contributed by atoms with Gasteiger partial charge in [-0.1, -0.05) is 6.07 Å². The summed E-state index contributed by atoms with van der Waals surface area (Å²) in [7, 11) is 0. The van der Waals surface area contributed by atoms with Crippen molar-refractivity contribution in [3.8, 4) is 11.5 Å². The molecule has 8 nitrogen and oxygen atoms in total. The lowest BCUT2D eigenvalue weighted by Crippen LogP contribution is -2.31. The number of fused-ring (bicyclic) bond motifs is 1. The SMILES string of the molecule is C[C@H](OC(=O)Cc1ccc2c(c1)OCCO2)C(=O)Nc1sccc1C(N)=O. The van der Waals surface area contributed by atoms with E-state index < -0.39 is 23.9 Å². The number of nitrogens with one attached hydrogen (secondary N) is 1. The minimum absolute atomic E-state index is 0.0141. The van der Waals surface area contributed by atoms with Gasteiger partial charge >= 0.3 is 5.97 Å². The molecule has 3 N–H and O–H groups in total. The van der Waals surface area contributed by atoms with Crippen LogP contribution in [0.2, 0.25) is 0 Å². The van der Waals surface area contributed by atoms with Gasteiger partial charge < -0.3 is 25.3 Å². The van der Waals surface area contributed by atoms with E-state index in [1.807, 2.05) is 0 Å². The van der Waals surface area contributed by atoms with E-state index in [4.69, 9.17) is 19.9 Å². The van der Waals surface area contributed by atoms with Crippen molar-refractivity contribution in [2.45, 2.75) is 19.4 Å². The molecule has 1 aromatic carbocycles. The summed E-state index contributed by atoms with van der Waals surface area (Å²) in [6.45, 7) is 2.39. The maximum Gasteiger partial charge on any atom is 0.311 e. The van der Waals surface area contributed by atoms with Crippen LogP contribution in [0.15, 0.2) is 29.6 Å². The summed E-state index contributed by atoms with van der Waals surface area (Å²) in [5.74, 6) is -0.540. The zero-order valence-electron chi connectivity index (χ0n) is 14.5. The van der Waals surface area contributed by atoms with Crippen LogP contribution in [0, 0.1) is 0 Å². The number of ether oxygens (including phenoxy) is 3. The summed E-state index contributed by atoms with van der Waals surface area (Å²) < 4.78 is 16.1. The number of rotatable bonds is 6. The number of hydrogen-bond donors (Lipinski definition) is 2. The third-order valence-electron chi connectivity index (χ3n) is 3.80. The third kappa shape index (κ3) is 4.56. The van der Waals surface area contributed by atoms with Crippen molar-refractivity contribution < 1.29 is 28.6 Å². The van der Waals surface area contributed by atoms with Crippen molar-refractivity contribution in [2.75, 3.05) is 18.5 Å². The van der Waals surface area contributed by atoms with Crippen LogP contribution in [0.1, 0.15) is 22.8 Å². The lowest BCUT2D eigenvalue weighted by Gasteiger charge is -2.19. The number of esters is 1. The van der Waals surface area contributed by atoms with E-state index in [1.165, 1.54) is 13.0 Å². The molecule has 27 heavy (non-hydrogen) atoms. The minimum atomic E-state index is -1.03. The summed E-state index contributed by atoms with van der Waals surface area (Å²) >= 11 is 1.16. The van der Waals surface area contributed by atoms with Gasteiger partial charge in [0.1, 0.15) is 18.2 Å². The number of hydrogen-bond acceptors (Lipinski definition) is 7. The molecule has 1 aliphatic rings. The van der Waals surface area contributed by atoms with E-state index in [0.717, 1.165) is 11.3 Å². The Morgan fingerprint density at radius 2 is 1.96 bits per heavy atom. The Bertz CT molecular complexity index is 878. The Kier molecular flexibility index (Phi) is 5.60. The number of primary amides is 1. The average Bonchev–Trinajstić information content (AvgIpc) is 3.09. The Morgan fingerprint density at radius 3 is 2.70 bits per heavy atom. The van der Waals surface area contributed by atoms with Gasteiger partial charge in [0.2, 0.25) is 0 Å². The fourth-order valence-corrected chi connectivity index (χ4v) is 3.27. The number of carbonyl (C=O) groups excluding carboxylic acids is 3. The van der Waals surface area contributed by atoms with Crippen molar-refractivity contribution in [3.05, 3.63) is 40.8 Å². The molecular formula is C18H18N2O6S. The molecule has 3 rings (SSSR count). The van der Waals surface area contributed by atoms with Gasteiger partial charge in [-0.15, -0.1) is 11.3 Å². The summed E-state index contributed by atoms with van der Waals surface area (Å²) in [6, 6.07) is 6.70. The maximum atomic E-state index is 12.2. The molecule has 0 saturated carbocycles. The van der Waals surface area contributed by atoms with Crippen molar-refractivity contribution in [3.63, 3.8) is 0 Å². The molecule has 0 radical (unpaired) electrons. The van der Waals surface area contributed by atoms with Crippen LogP contribution >= 0.6 is 11.3 Å². The van der Waals surface area contributed by atoms with Gasteiger partial charge in [-0.05, 0) is 36.1 Å². The first-order chi connectivity index (χ1) is 12.9. The van der Waals surface area contributed by atoms with Crippen LogP contribution in [0.3, 0.4) is 0 Å². The largest absolute Gasteiger partial charge is 0.486 e. The summed E-state index contributed by atoms with van der Waals surface area (Å²) in [5, 5.41) is 4.50. The minimum Gasteiger partial charge on any atom is -0.486 e. The van der Waals surface area contributed by atoms with Gasteiger partial charge in [-0.25, -0.2) is 0 Å². The smallest absolute Gasteiger partial charge is 0.311 e. The van der Waals surface area contributed by atoms with E-state index in [-0.39, 0.29) is 12.0 Å². The molecule has 0 bridgehead atoms. The molecule has 0 aliphatic carbocycles. The number of carbonyl (C=O) groups is 3. The van der Waals surface area contributed by atoms with Crippen molar-refractivity contribution in [1.82, 2.24) is 0 Å². The highest BCUT2D eigenvalue weighted by Crippen LogP contribution is 2.31. The van der Waals surface area contributed by atoms with Gasteiger partial charge in [0.15, 0.2) is 17.6 Å². The lowest BCUT2D eigenvalue weighted by molar-refractivity contribution is -0.152. The fourth-order valence-electron chi connectivity index (χ4n) is 2.47. The Hall–Kier alpha value is -3.07. The van der Waals surface area contributed by atoms with E-state index in [9.17, 15) is 14.4 Å². The molecule has 0 saturated heterocycles. The fraction of sp³-hybridized carbons (Fsp3) is 0.278. The second-order valence-electron chi connectivity index (χ2n) is 5.80. The zero-order valence-corrected chi connectivity index (χ0v) is 15.3. The first kappa shape index (κ1) is 18.7. The summed E-state index contributed by atoms with van der Waals surface area (Å²) in [4.78, 5) is 35.6. The van der Waals surface area contributed by atoms with Gasteiger partial charge in [0, 0.05) is 0 Å². The maximum absolute atomic E-state index is 12.2. The molecule has 1 aliphatic heterocycles. The van der Waals surface area contributed by atoms with Gasteiger partial charge in [0.05, 0.1) is 12.0 Å². The second kappa shape index (κ2) is 8.09. The molecule has 2 amide bonds. The Morgan fingerprint density at radius 1 is 1.22 bits per heavy atom. The lowest BCUT2D eigenvalue weighted by atomic mass is 10.1. The van der Waals surface area contributed by atoms with E-state index >= 15 is 0 Å². The number of thiophene rings is 1. The number of nitrogens with two attached hydrogens (primary N) is 1. The van der Waals surface area contributed by atoms with Gasteiger partial charge in [-0.2, -0.15) is 0 Å². The average molecular weight is 390 g/mol. The van der Waals surface area contributed by atoms with Crippen LogP contribution in [-0.4, -0.2) is 37.1 Å². The van der Waals surface area contributed by atoms with Crippen LogP contribution < -0.4 is 20.5 Å². The molecule has 2 aromatic rings. The quantitative estimate of drug-likeness (QED) is 0.726. The topological polar surface area (TPSA) is 117 Å². The second-order valence-corrected chi connectivity index (χ2v) is 6.72. The first-order valence-corrected chi connectivity index (χ1v) is 9.08. The van der Waals surface area contributed by atoms with E-state index in [0.29, 0.717) is 35.3 Å². The van der Waals surface area contributed by atoms with E-state index in [2.05, 4.69) is 5.32 Å². The summed E-state index contributed by atoms with van der Waals surface area (Å²) in [5.41, 5.74) is 6.14. The normalized spacial score (nSPS) is 13.5. The van der Waals surface area contributed by atoms with Crippen LogP contribution in [0.25, 0.3) is 0 Å². The predicted molar refractivity (Wildman–Crippen MR) is 98.2 cm³/mol. The first-order valence-electron chi connectivity index (χ1n) is 8.20. The Labute approximate surface area is 159 Å². The highest BCUT2D eigenvalue weighted by Gasteiger charge is 2.21. The van der Waals surface area contributed by atoms with Crippen LogP contribution in [0.5, 0.6) is 11.5 Å². The number of anilines is 1. The van der Waals surface area contributed by atoms with Crippen molar-refractivity contribution in [2.24, 2.45) is 5.73 Å². The molecule has 1 aromatic heterocycles. The summed E-state index contributed by atoms with van der Waals surface area (Å²) in [6.07, 6.45) is -1.04. The van der Waals surface area contributed by atoms with E-state index in [1.54, 1.807) is 23.6 Å². The monoisotopic (exact) mass is 390 g/mol. The third-order valence-corrected chi connectivity index (χ3v) is 4.63. The molecule has 1 atom stereocenters. The molecule has 0 fully saturated rings. The predicted octanol–water partition coefficient (Wildman–Crippen LogP) is 1.73. The zero-order chi connectivity index (χ0) is 19.4. The Balaban J connectivity index is 1.56.